The van der Waals surface area contributed by atoms with E-state index in [1.54, 1.807) is 0 Å². The molecule has 0 amide bonds. The molecule has 2 heterocycles. The molecule has 4 aliphatic rings. The van der Waals surface area contributed by atoms with Crippen molar-refractivity contribution in [1.29, 1.82) is 0 Å². The van der Waals surface area contributed by atoms with Gasteiger partial charge in [-0.15, -0.1) is 0 Å². The first-order chi connectivity index (χ1) is 6.84. The number of ether oxygens (including phenoxy) is 2. The van der Waals surface area contributed by atoms with Gasteiger partial charge in [-0.3, -0.25) is 0 Å². The summed E-state index contributed by atoms with van der Waals surface area (Å²) < 4.78 is 11.3. The van der Waals surface area contributed by atoms with Crippen molar-refractivity contribution >= 4 is 0 Å². The molecule has 2 heteroatoms. The second kappa shape index (κ2) is 2.53. The highest BCUT2D eigenvalue weighted by atomic mass is 16.6. The highest BCUT2D eigenvalue weighted by Crippen LogP contribution is 2.53. The molecule has 0 N–H and O–H groups in total. The fraction of sp³-hybridized carbons (Fsp3) is 1.00. The molecule has 2 aliphatic heterocycles. The summed E-state index contributed by atoms with van der Waals surface area (Å²) in [6.07, 6.45) is 8.04. The monoisotopic (exact) mass is 194 g/mol. The Balaban J connectivity index is 1.49. The molecule has 78 valence electrons. The zero-order valence-electron chi connectivity index (χ0n) is 8.69. The van der Waals surface area contributed by atoms with Crippen molar-refractivity contribution in [3.63, 3.8) is 0 Å². The van der Waals surface area contributed by atoms with E-state index in [2.05, 4.69) is 6.92 Å². The first kappa shape index (κ1) is 8.12. The number of hydrogen-bond acceptors (Lipinski definition) is 2. The third-order valence-electron chi connectivity index (χ3n) is 5.01. The molecule has 4 rings (SSSR count). The molecule has 2 saturated heterocycles. The molecule has 0 radical (unpaired) electrons. The summed E-state index contributed by atoms with van der Waals surface area (Å²) in [5.41, 5.74) is 0. The van der Waals surface area contributed by atoms with Crippen LogP contribution < -0.4 is 0 Å². The van der Waals surface area contributed by atoms with E-state index in [1.807, 2.05) is 0 Å². The molecular weight excluding hydrogens is 176 g/mol. The Morgan fingerprint density at radius 3 is 1.64 bits per heavy atom. The summed E-state index contributed by atoms with van der Waals surface area (Å²) in [6, 6.07) is 0. The van der Waals surface area contributed by atoms with Crippen LogP contribution in [0.3, 0.4) is 0 Å². The molecule has 6 unspecified atom stereocenters. The van der Waals surface area contributed by atoms with Crippen LogP contribution in [0.25, 0.3) is 0 Å². The first-order valence-electron chi connectivity index (χ1n) is 6.15. The normalized spacial score (nSPS) is 60.6. The molecule has 14 heavy (non-hydrogen) atoms. The predicted molar refractivity (Wildman–Crippen MR) is 51.9 cm³/mol. The molecule has 0 spiro atoms. The van der Waals surface area contributed by atoms with Gasteiger partial charge < -0.3 is 9.47 Å². The lowest BCUT2D eigenvalue weighted by molar-refractivity contribution is 0.139. The van der Waals surface area contributed by atoms with E-state index >= 15 is 0 Å². The van der Waals surface area contributed by atoms with Crippen molar-refractivity contribution in [3.8, 4) is 0 Å². The van der Waals surface area contributed by atoms with Gasteiger partial charge in [0.1, 0.15) is 0 Å². The van der Waals surface area contributed by atoms with Crippen LogP contribution >= 0.6 is 0 Å². The Morgan fingerprint density at radius 2 is 1.36 bits per heavy atom. The van der Waals surface area contributed by atoms with E-state index in [-0.39, 0.29) is 0 Å². The fourth-order valence-corrected chi connectivity index (χ4v) is 4.01. The number of fused-ring (bicyclic) bond motifs is 2. The second-order valence-corrected chi connectivity index (χ2v) is 5.62. The minimum Gasteiger partial charge on any atom is -0.369 e. The molecule has 6 atom stereocenters. The summed E-state index contributed by atoms with van der Waals surface area (Å²) in [4.78, 5) is 0. The molecular formula is C12H18O2. The highest BCUT2D eigenvalue weighted by Gasteiger charge is 2.58. The predicted octanol–water partition coefficient (Wildman–Crippen LogP) is 1.98. The van der Waals surface area contributed by atoms with Gasteiger partial charge in [0.25, 0.3) is 0 Å². The lowest BCUT2D eigenvalue weighted by Gasteiger charge is -2.26. The van der Waals surface area contributed by atoms with E-state index in [0.29, 0.717) is 24.4 Å². The van der Waals surface area contributed by atoms with Crippen LogP contribution in [0.1, 0.15) is 32.6 Å². The highest BCUT2D eigenvalue weighted by molar-refractivity contribution is 5.05. The Hall–Kier alpha value is -0.0800. The maximum Gasteiger partial charge on any atom is 0.0872 e. The fourth-order valence-electron chi connectivity index (χ4n) is 4.01. The van der Waals surface area contributed by atoms with Gasteiger partial charge in [-0.1, -0.05) is 6.92 Å². The lowest BCUT2D eigenvalue weighted by Crippen LogP contribution is -2.25. The van der Waals surface area contributed by atoms with E-state index in [9.17, 15) is 0 Å². The Labute approximate surface area is 85.0 Å². The van der Waals surface area contributed by atoms with Crippen LogP contribution in [-0.4, -0.2) is 24.4 Å². The summed E-state index contributed by atoms with van der Waals surface area (Å²) in [7, 11) is 0. The average Bonchev–Trinajstić information content (AvgIpc) is 3.08. The molecule has 2 aliphatic carbocycles. The summed E-state index contributed by atoms with van der Waals surface area (Å²) in [5.74, 6) is 2.55. The first-order valence-corrected chi connectivity index (χ1v) is 6.15. The van der Waals surface area contributed by atoms with E-state index in [1.165, 1.54) is 25.7 Å². The molecule has 2 saturated carbocycles. The van der Waals surface area contributed by atoms with Gasteiger partial charge >= 0.3 is 0 Å². The SMILES string of the molecule is CC(C1CCC2OC21)C1CCC2OC21. The Bertz CT molecular complexity index is 239. The van der Waals surface area contributed by atoms with Crippen molar-refractivity contribution in [1.82, 2.24) is 0 Å². The van der Waals surface area contributed by atoms with Crippen molar-refractivity contribution < 1.29 is 9.47 Å². The molecule has 0 aromatic heterocycles. The van der Waals surface area contributed by atoms with Crippen LogP contribution in [0.2, 0.25) is 0 Å². The van der Waals surface area contributed by atoms with Crippen LogP contribution in [0.15, 0.2) is 0 Å². The maximum absolute atomic E-state index is 5.65. The van der Waals surface area contributed by atoms with E-state index < -0.39 is 0 Å². The third-order valence-corrected chi connectivity index (χ3v) is 5.01. The topological polar surface area (TPSA) is 25.1 Å². The molecule has 0 bridgehead atoms. The van der Waals surface area contributed by atoms with Gasteiger partial charge in [0.2, 0.25) is 0 Å². The molecule has 2 nitrogen and oxygen atoms in total. The third kappa shape index (κ3) is 0.989. The minimum absolute atomic E-state index is 0.641. The lowest BCUT2D eigenvalue weighted by atomic mass is 9.80. The zero-order chi connectivity index (χ0) is 9.28. The zero-order valence-corrected chi connectivity index (χ0v) is 8.69. The van der Waals surface area contributed by atoms with Gasteiger partial charge in [0.05, 0.1) is 24.4 Å². The van der Waals surface area contributed by atoms with E-state index in [0.717, 1.165) is 17.8 Å². The van der Waals surface area contributed by atoms with Crippen molar-refractivity contribution in [2.75, 3.05) is 0 Å². The molecule has 4 fully saturated rings. The van der Waals surface area contributed by atoms with Crippen LogP contribution in [0.5, 0.6) is 0 Å². The van der Waals surface area contributed by atoms with Crippen LogP contribution in [0, 0.1) is 17.8 Å². The van der Waals surface area contributed by atoms with Gasteiger partial charge in [0.15, 0.2) is 0 Å². The average molecular weight is 194 g/mol. The van der Waals surface area contributed by atoms with Crippen molar-refractivity contribution in [3.05, 3.63) is 0 Å². The number of hydrogen-bond donors (Lipinski definition) is 0. The quantitative estimate of drug-likeness (QED) is 0.628. The van der Waals surface area contributed by atoms with Gasteiger partial charge in [-0.05, 0) is 43.4 Å². The molecule has 0 aromatic rings. The largest absolute Gasteiger partial charge is 0.369 e. The summed E-state index contributed by atoms with van der Waals surface area (Å²) >= 11 is 0. The Morgan fingerprint density at radius 1 is 0.857 bits per heavy atom. The van der Waals surface area contributed by atoms with E-state index in [4.69, 9.17) is 9.47 Å². The summed E-state index contributed by atoms with van der Waals surface area (Å²) in [5, 5.41) is 0. The van der Waals surface area contributed by atoms with Crippen molar-refractivity contribution in [2.24, 2.45) is 17.8 Å². The number of rotatable bonds is 2. The number of epoxide rings is 2. The second-order valence-electron chi connectivity index (χ2n) is 5.62. The van der Waals surface area contributed by atoms with Crippen molar-refractivity contribution in [2.45, 2.75) is 57.0 Å². The van der Waals surface area contributed by atoms with Gasteiger partial charge in [0, 0.05) is 0 Å². The molecule has 0 aromatic carbocycles. The van der Waals surface area contributed by atoms with Crippen LogP contribution in [-0.2, 0) is 9.47 Å². The Kier molecular flexibility index (Phi) is 1.47. The maximum atomic E-state index is 5.65. The standard InChI is InChI=1S/C12H18O2/c1-6(7-2-4-9-11(7)13-9)8-3-5-10-12(8)14-10/h6-12H,2-5H2,1H3. The smallest absolute Gasteiger partial charge is 0.0872 e. The van der Waals surface area contributed by atoms with Gasteiger partial charge in [-0.2, -0.15) is 0 Å². The minimum atomic E-state index is 0.641. The summed E-state index contributed by atoms with van der Waals surface area (Å²) in [6.45, 7) is 2.43. The van der Waals surface area contributed by atoms with Crippen LogP contribution in [0.4, 0.5) is 0 Å². The van der Waals surface area contributed by atoms with Gasteiger partial charge in [-0.25, -0.2) is 0 Å².